The largest absolute Gasteiger partial charge is 0.420 e. The van der Waals surface area contributed by atoms with Gasteiger partial charge in [0, 0.05) is 49.4 Å². The van der Waals surface area contributed by atoms with Crippen LogP contribution in [-0.2, 0) is 18.3 Å². The van der Waals surface area contributed by atoms with Gasteiger partial charge in [0.15, 0.2) is 11.4 Å². The second kappa shape index (κ2) is 7.86. The van der Waals surface area contributed by atoms with E-state index in [0.717, 1.165) is 30.0 Å². The van der Waals surface area contributed by atoms with Gasteiger partial charge in [-0.05, 0) is 31.5 Å². The summed E-state index contributed by atoms with van der Waals surface area (Å²) in [4.78, 5) is 23.5. The highest BCUT2D eigenvalue weighted by Gasteiger charge is 2.19. The lowest BCUT2D eigenvalue weighted by atomic mass is 10.1. The lowest BCUT2D eigenvalue weighted by molar-refractivity contribution is 0.122. The Labute approximate surface area is 183 Å². The van der Waals surface area contributed by atoms with Gasteiger partial charge in [0.05, 0.1) is 31.0 Å². The molecule has 0 saturated carbocycles. The topological polar surface area (TPSA) is 91.2 Å². The highest BCUT2D eigenvalue weighted by Crippen LogP contribution is 2.27. The summed E-state index contributed by atoms with van der Waals surface area (Å²) < 4.78 is 28.7. The number of anilines is 1. The summed E-state index contributed by atoms with van der Waals surface area (Å²) in [5, 5.41) is 4.40. The highest BCUT2D eigenvalue weighted by atomic mass is 19.1. The molecule has 1 aliphatic heterocycles. The molecule has 1 fully saturated rings. The Hall–Kier alpha value is -3.53. The average Bonchev–Trinajstić information content (AvgIpc) is 3.25. The monoisotopic (exact) mass is 438 g/mol. The molecule has 3 aromatic heterocycles. The molecule has 0 aliphatic carbocycles. The second-order valence-electron chi connectivity index (χ2n) is 7.90. The van der Waals surface area contributed by atoms with Crippen molar-refractivity contribution in [2.75, 3.05) is 31.2 Å². The molecule has 9 nitrogen and oxygen atoms in total. The predicted octanol–water partition coefficient (Wildman–Crippen LogP) is 2.43. The van der Waals surface area contributed by atoms with Crippen LogP contribution >= 0.6 is 0 Å². The van der Waals surface area contributed by atoms with Gasteiger partial charge < -0.3 is 14.1 Å². The Bertz CT molecular complexity index is 1350. The van der Waals surface area contributed by atoms with Crippen LogP contribution in [0, 0.1) is 19.7 Å². The predicted molar refractivity (Wildman–Crippen MR) is 116 cm³/mol. The number of aryl methyl sites for hydroxylation is 2. The molecule has 4 heterocycles. The molecule has 4 aromatic rings. The first kappa shape index (κ1) is 20.4. The van der Waals surface area contributed by atoms with Crippen molar-refractivity contribution in [1.82, 2.24) is 24.3 Å². The van der Waals surface area contributed by atoms with Gasteiger partial charge >= 0.3 is 5.76 Å². The van der Waals surface area contributed by atoms with E-state index in [1.165, 1.54) is 10.6 Å². The smallest absolute Gasteiger partial charge is 0.405 e. The van der Waals surface area contributed by atoms with Gasteiger partial charge in [0.2, 0.25) is 5.95 Å². The van der Waals surface area contributed by atoms with Crippen LogP contribution in [0.1, 0.15) is 17.0 Å². The molecule has 0 atom stereocenters. The summed E-state index contributed by atoms with van der Waals surface area (Å²) in [6.45, 7) is 6.80. The maximum atomic E-state index is 14.9. The molecule has 166 valence electrons. The SMILES string of the molecule is Cc1nn(C)c(C)c1Cn1c(=O)oc2c(F)cc(-c3cnc(N4CCOCC4)nc3)cc21. The van der Waals surface area contributed by atoms with Crippen LogP contribution in [-0.4, -0.2) is 50.6 Å². The molecule has 5 rings (SSSR count). The number of halogens is 1. The van der Waals surface area contributed by atoms with Crippen molar-refractivity contribution in [3.8, 4) is 11.1 Å². The first-order chi connectivity index (χ1) is 15.4. The Morgan fingerprint density at radius 2 is 1.81 bits per heavy atom. The molecule has 10 heteroatoms. The molecule has 0 unspecified atom stereocenters. The minimum absolute atomic E-state index is 0.0659. The van der Waals surface area contributed by atoms with E-state index in [1.807, 2.05) is 25.8 Å². The van der Waals surface area contributed by atoms with Gasteiger partial charge in [-0.1, -0.05) is 0 Å². The number of fused-ring (bicyclic) bond motifs is 1. The van der Waals surface area contributed by atoms with Crippen molar-refractivity contribution < 1.29 is 13.5 Å². The number of nitrogens with zero attached hydrogens (tertiary/aromatic N) is 6. The molecule has 1 aliphatic rings. The molecule has 0 N–H and O–H groups in total. The molecule has 32 heavy (non-hydrogen) atoms. The van der Waals surface area contributed by atoms with Gasteiger partial charge in [0.25, 0.3) is 0 Å². The maximum Gasteiger partial charge on any atom is 0.420 e. The number of rotatable bonds is 4. The van der Waals surface area contributed by atoms with E-state index in [1.54, 1.807) is 23.1 Å². The van der Waals surface area contributed by atoms with Crippen LogP contribution in [0.4, 0.5) is 10.3 Å². The summed E-state index contributed by atoms with van der Waals surface area (Å²) in [6.07, 6.45) is 3.33. The summed E-state index contributed by atoms with van der Waals surface area (Å²) in [5.74, 6) is -0.607. The number of oxazole rings is 1. The van der Waals surface area contributed by atoms with Crippen LogP contribution in [0.3, 0.4) is 0 Å². The number of hydrogen-bond acceptors (Lipinski definition) is 7. The molecule has 0 amide bonds. The van der Waals surface area contributed by atoms with Crippen molar-refractivity contribution in [1.29, 1.82) is 0 Å². The zero-order chi connectivity index (χ0) is 22.4. The third kappa shape index (κ3) is 3.46. The minimum atomic E-state index is -0.613. The second-order valence-corrected chi connectivity index (χ2v) is 7.90. The maximum absolute atomic E-state index is 14.9. The van der Waals surface area contributed by atoms with Crippen LogP contribution in [0.2, 0.25) is 0 Å². The van der Waals surface area contributed by atoms with Crippen molar-refractivity contribution >= 4 is 17.0 Å². The normalized spacial score (nSPS) is 14.4. The van der Waals surface area contributed by atoms with E-state index in [9.17, 15) is 9.18 Å². The van der Waals surface area contributed by atoms with E-state index >= 15 is 0 Å². The molecule has 1 saturated heterocycles. The molecule has 0 bridgehead atoms. The zero-order valence-corrected chi connectivity index (χ0v) is 18.1. The Kier molecular flexibility index (Phi) is 5.01. The third-order valence-corrected chi connectivity index (χ3v) is 5.97. The summed E-state index contributed by atoms with van der Waals surface area (Å²) in [7, 11) is 1.85. The third-order valence-electron chi connectivity index (χ3n) is 5.97. The number of morpholine rings is 1. The first-order valence-electron chi connectivity index (χ1n) is 10.4. The van der Waals surface area contributed by atoms with Gasteiger partial charge in [-0.25, -0.2) is 19.2 Å². The molecular weight excluding hydrogens is 415 g/mol. The molecule has 0 spiro atoms. The van der Waals surface area contributed by atoms with Gasteiger partial charge in [0.1, 0.15) is 0 Å². The fraction of sp³-hybridized carbons (Fsp3) is 0.364. The lowest BCUT2D eigenvalue weighted by Gasteiger charge is -2.26. The lowest BCUT2D eigenvalue weighted by Crippen LogP contribution is -2.37. The number of hydrogen-bond donors (Lipinski definition) is 0. The number of benzene rings is 1. The number of aromatic nitrogens is 5. The van der Waals surface area contributed by atoms with Gasteiger partial charge in [-0.2, -0.15) is 5.10 Å². The average molecular weight is 438 g/mol. The summed E-state index contributed by atoms with van der Waals surface area (Å²) >= 11 is 0. The quantitative estimate of drug-likeness (QED) is 0.483. The Morgan fingerprint density at radius 3 is 2.47 bits per heavy atom. The van der Waals surface area contributed by atoms with E-state index in [2.05, 4.69) is 15.1 Å². The van der Waals surface area contributed by atoms with Crippen molar-refractivity contribution in [2.24, 2.45) is 7.05 Å². The zero-order valence-electron chi connectivity index (χ0n) is 18.1. The summed E-state index contributed by atoms with van der Waals surface area (Å²) in [5.41, 5.74) is 4.19. The van der Waals surface area contributed by atoms with Crippen LogP contribution in [0.25, 0.3) is 22.2 Å². The van der Waals surface area contributed by atoms with Crippen LogP contribution in [0.15, 0.2) is 33.7 Å². The van der Waals surface area contributed by atoms with E-state index in [4.69, 9.17) is 9.15 Å². The minimum Gasteiger partial charge on any atom is -0.405 e. The fourth-order valence-electron chi connectivity index (χ4n) is 4.04. The van der Waals surface area contributed by atoms with Crippen LogP contribution in [0.5, 0.6) is 0 Å². The summed E-state index contributed by atoms with van der Waals surface area (Å²) in [6, 6.07) is 3.07. The van der Waals surface area contributed by atoms with Crippen molar-refractivity contribution in [3.05, 3.63) is 57.8 Å². The highest BCUT2D eigenvalue weighted by molar-refractivity contribution is 5.81. The van der Waals surface area contributed by atoms with Crippen molar-refractivity contribution in [2.45, 2.75) is 20.4 Å². The van der Waals surface area contributed by atoms with Crippen LogP contribution < -0.4 is 10.7 Å². The van der Waals surface area contributed by atoms with Gasteiger partial charge in [-0.3, -0.25) is 9.25 Å². The fourth-order valence-corrected chi connectivity index (χ4v) is 4.04. The standard InChI is InChI=1S/C22H23FN6O3/c1-13-17(14(2)27(3)26-13)12-29-19-9-15(8-18(23)20(19)32-22(29)30)16-10-24-21(25-11-16)28-4-6-31-7-5-28/h8-11H,4-7,12H2,1-3H3. The van der Waals surface area contributed by atoms with E-state index < -0.39 is 11.6 Å². The van der Waals surface area contributed by atoms with E-state index in [-0.39, 0.29) is 12.1 Å². The van der Waals surface area contributed by atoms with E-state index in [0.29, 0.717) is 35.8 Å². The van der Waals surface area contributed by atoms with Gasteiger partial charge in [-0.15, -0.1) is 0 Å². The Morgan fingerprint density at radius 1 is 1.09 bits per heavy atom. The molecule has 1 aromatic carbocycles. The van der Waals surface area contributed by atoms with Crippen molar-refractivity contribution in [3.63, 3.8) is 0 Å². The first-order valence-corrected chi connectivity index (χ1v) is 10.4. The molecule has 0 radical (unpaired) electrons. The molecular formula is C22H23FN6O3. The number of ether oxygens (including phenoxy) is 1. The Balaban J connectivity index is 1.54.